The van der Waals surface area contributed by atoms with Gasteiger partial charge in [-0.1, -0.05) is 60.7 Å². The van der Waals surface area contributed by atoms with Crippen molar-refractivity contribution in [1.29, 1.82) is 0 Å². The average molecular weight is 372 g/mol. The third-order valence-electron chi connectivity index (χ3n) is 4.03. The summed E-state index contributed by atoms with van der Waals surface area (Å²) in [6.07, 6.45) is 1.57. The zero-order valence-electron chi connectivity index (χ0n) is 15.1. The molecular weight excluding hydrogens is 352 g/mol. The predicted octanol–water partition coefficient (Wildman–Crippen LogP) is 3.48. The van der Waals surface area contributed by atoms with E-state index in [2.05, 4.69) is 10.6 Å². The first-order valence-electron chi connectivity index (χ1n) is 8.81. The van der Waals surface area contributed by atoms with Gasteiger partial charge in [0.2, 0.25) is 0 Å². The minimum Gasteiger partial charge on any atom is -0.508 e. The number of aromatic hydroxyl groups is 1. The van der Waals surface area contributed by atoms with Gasteiger partial charge in [-0.05, 0) is 41.5 Å². The van der Waals surface area contributed by atoms with Crippen molar-refractivity contribution in [2.75, 3.05) is 0 Å². The second-order valence-corrected chi connectivity index (χ2v) is 6.14. The van der Waals surface area contributed by atoms with E-state index in [1.54, 1.807) is 42.5 Å². The molecule has 3 aromatic rings. The number of phenolic OH excluding ortho intramolecular Hbond substituents is 1. The predicted molar refractivity (Wildman–Crippen MR) is 108 cm³/mol. The molecule has 0 saturated heterocycles. The molecule has 0 heterocycles. The number of nitrogens with one attached hydrogen (secondary N) is 2. The van der Waals surface area contributed by atoms with Crippen LogP contribution >= 0.6 is 0 Å². The molecule has 0 radical (unpaired) electrons. The lowest BCUT2D eigenvalue weighted by molar-refractivity contribution is -0.117. The van der Waals surface area contributed by atoms with Crippen LogP contribution in [0.25, 0.3) is 6.08 Å². The van der Waals surface area contributed by atoms with Gasteiger partial charge in [-0.3, -0.25) is 9.59 Å². The average Bonchev–Trinajstić information content (AvgIpc) is 2.74. The summed E-state index contributed by atoms with van der Waals surface area (Å²) in [6, 6.07) is 24.6. The molecule has 0 aliphatic rings. The zero-order valence-corrected chi connectivity index (χ0v) is 15.1. The first-order chi connectivity index (χ1) is 13.6. The van der Waals surface area contributed by atoms with E-state index in [-0.39, 0.29) is 17.4 Å². The molecule has 0 fully saturated rings. The van der Waals surface area contributed by atoms with E-state index in [4.69, 9.17) is 0 Å². The minimum absolute atomic E-state index is 0.121. The Labute approximate surface area is 163 Å². The number of amides is 2. The quantitative estimate of drug-likeness (QED) is 0.580. The fourth-order valence-corrected chi connectivity index (χ4v) is 2.55. The summed E-state index contributed by atoms with van der Waals surface area (Å²) in [7, 11) is 0. The lowest BCUT2D eigenvalue weighted by Gasteiger charge is -2.11. The van der Waals surface area contributed by atoms with Crippen molar-refractivity contribution in [1.82, 2.24) is 10.6 Å². The highest BCUT2D eigenvalue weighted by molar-refractivity contribution is 6.05. The van der Waals surface area contributed by atoms with Crippen LogP contribution in [0.15, 0.2) is 90.6 Å². The van der Waals surface area contributed by atoms with E-state index in [9.17, 15) is 14.7 Å². The molecule has 2 amide bonds. The standard InChI is InChI=1S/C23H20N2O3/c26-20-13-11-17(12-14-20)15-21(25-22(27)19-9-5-2-6-10-19)23(28)24-16-18-7-3-1-4-8-18/h1-15,26H,16H2,(H,24,28)(H,25,27)/b21-15+. The van der Waals surface area contributed by atoms with Crippen molar-refractivity contribution in [3.8, 4) is 5.75 Å². The first-order valence-corrected chi connectivity index (χ1v) is 8.81. The number of hydrogen-bond acceptors (Lipinski definition) is 3. The molecule has 3 aromatic carbocycles. The van der Waals surface area contributed by atoms with Gasteiger partial charge in [0.15, 0.2) is 0 Å². The van der Waals surface area contributed by atoms with Gasteiger partial charge in [0.25, 0.3) is 11.8 Å². The zero-order chi connectivity index (χ0) is 19.8. The van der Waals surface area contributed by atoms with Crippen LogP contribution in [0.5, 0.6) is 5.75 Å². The molecule has 0 aliphatic heterocycles. The van der Waals surface area contributed by atoms with Gasteiger partial charge >= 0.3 is 0 Å². The molecule has 3 N–H and O–H groups in total. The van der Waals surface area contributed by atoms with Gasteiger partial charge in [-0.2, -0.15) is 0 Å². The van der Waals surface area contributed by atoms with Crippen molar-refractivity contribution in [2.45, 2.75) is 6.54 Å². The summed E-state index contributed by atoms with van der Waals surface area (Å²) < 4.78 is 0. The minimum atomic E-state index is -0.402. The third kappa shape index (κ3) is 5.32. The van der Waals surface area contributed by atoms with Gasteiger partial charge < -0.3 is 15.7 Å². The molecule has 3 rings (SSSR count). The Hall–Kier alpha value is -3.86. The topological polar surface area (TPSA) is 78.4 Å². The normalized spacial score (nSPS) is 10.9. The Morgan fingerprint density at radius 1 is 0.821 bits per heavy atom. The smallest absolute Gasteiger partial charge is 0.268 e. The molecule has 0 bridgehead atoms. The molecule has 5 nitrogen and oxygen atoms in total. The van der Waals surface area contributed by atoms with Crippen LogP contribution in [0, 0.1) is 0 Å². The van der Waals surface area contributed by atoms with Crippen LogP contribution in [-0.4, -0.2) is 16.9 Å². The maximum Gasteiger partial charge on any atom is 0.268 e. The highest BCUT2D eigenvalue weighted by Crippen LogP contribution is 2.13. The van der Waals surface area contributed by atoms with Gasteiger partial charge in [0.1, 0.15) is 11.4 Å². The number of carbonyl (C=O) groups is 2. The summed E-state index contributed by atoms with van der Waals surface area (Å²) in [4.78, 5) is 25.2. The van der Waals surface area contributed by atoms with Crippen LogP contribution in [-0.2, 0) is 11.3 Å². The van der Waals surface area contributed by atoms with Crippen molar-refractivity contribution >= 4 is 17.9 Å². The molecule has 0 atom stereocenters. The highest BCUT2D eigenvalue weighted by atomic mass is 16.3. The Bertz CT molecular complexity index is 966. The Balaban J connectivity index is 1.80. The van der Waals surface area contributed by atoms with Gasteiger partial charge in [-0.15, -0.1) is 0 Å². The fraction of sp³-hybridized carbons (Fsp3) is 0.0435. The van der Waals surface area contributed by atoms with E-state index < -0.39 is 5.91 Å². The summed E-state index contributed by atoms with van der Waals surface area (Å²) in [5, 5.41) is 14.9. The summed E-state index contributed by atoms with van der Waals surface area (Å²) >= 11 is 0. The highest BCUT2D eigenvalue weighted by Gasteiger charge is 2.14. The van der Waals surface area contributed by atoms with Gasteiger partial charge in [0, 0.05) is 12.1 Å². The molecule has 28 heavy (non-hydrogen) atoms. The van der Waals surface area contributed by atoms with Crippen LogP contribution in [0.4, 0.5) is 0 Å². The molecule has 5 heteroatoms. The van der Waals surface area contributed by atoms with Crippen molar-refractivity contribution in [3.63, 3.8) is 0 Å². The summed E-state index contributed by atoms with van der Waals surface area (Å²) in [5.74, 6) is -0.651. The van der Waals surface area contributed by atoms with Crippen LogP contribution in [0.3, 0.4) is 0 Å². The number of phenols is 1. The molecule has 0 saturated carbocycles. The fourth-order valence-electron chi connectivity index (χ4n) is 2.55. The van der Waals surface area contributed by atoms with Crippen LogP contribution in [0.1, 0.15) is 21.5 Å². The molecule has 0 aliphatic carbocycles. The van der Waals surface area contributed by atoms with Crippen molar-refractivity contribution in [2.24, 2.45) is 0 Å². The van der Waals surface area contributed by atoms with E-state index >= 15 is 0 Å². The monoisotopic (exact) mass is 372 g/mol. The second-order valence-electron chi connectivity index (χ2n) is 6.14. The molecule has 140 valence electrons. The van der Waals surface area contributed by atoms with Crippen molar-refractivity contribution in [3.05, 3.63) is 107 Å². The number of hydrogen-bond donors (Lipinski definition) is 3. The lowest BCUT2D eigenvalue weighted by atomic mass is 10.1. The summed E-state index contributed by atoms with van der Waals surface area (Å²) in [5.41, 5.74) is 2.20. The lowest BCUT2D eigenvalue weighted by Crippen LogP contribution is -2.34. The molecule has 0 unspecified atom stereocenters. The number of carbonyl (C=O) groups excluding carboxylic acids is 2. The Morgan fingerprint density at radius 2 is 1.43 bits per heavy atom. The molecule has 0 aromatic heterocycles. The van der Waals surface area contributed by atoms with E-state index in [1.165, 1.54) is 12.1 Å². The van der Waals surface area contributed by atoms with Gasteiger partial charge in [-0.25, -0.2) is 0 Å². The second kappa shape index (κ2) is 9.19. The van der Waals surface area contributed by atoms with E-state index in [0.29, 0.717) is 17.7 Å². The van der Waals surface area contributed by atoms with Crippen molar-refractivity contribution < 1.29 is 14.7 Å². The number of rotatable bonds is 6. The Morgan fingerprint density at radius 3 is 2.07 bits per heavy atom. The maximum absolute atomic E-state index is 12.7. The van der Waals surface area contributed by atoms with Crippen LogP contribution < -0.4 is 10.6 Å². The molecule has 0 spiro atoms. The number of benzene rings is 3. The largest absolute Gasteiger partial charge is 0.508 e. The molecular formula is C23H20N2O3. The maximum atomic E-state index is 12.7. The third-order valence-corrected chi connectivity index (χ3v) is 4.03. The Kier molecular flexibility index (Phi) is 6.21. The first kappa shape index (κ1) is 18.9. The van der Waals surface area contributed by atoms with Gasteiger partial charge in [0.05, 0.1) is 0 Å². The van der Waals surface area contributed by atoms with Crippen LogP contribution in [0.2, 0.25) is 0 Å². The SMILES string of the molecule is O=C(NCc1ccccc1)/C(=C\c1ccc(O)cc1)NC(=O)c1ccccc1. The van der Waals surface area contributed by atoms with E-state index in [0.717, 1.165) is 5.56 Å². The van der Waals surface area contributed by atoms with E-state index in [1.807, 2.05) is 36.4 Å². The summed E-state index contributed by atoms with van der Waals surface area (Å²) in [6.45, 7) is 0.341.